The highest BCUT2D eigenvalue weighted by Crippen LogP contribution is 2.36. The summed E-state index contributed by atoms with van der Waals surface area (Å²) in [7, 11) is -4.49. The van der Waals surface area contributed by atoms with E-state index in [2.05, 4.69) is 15.2 Å². The van der Waals surface area contributed by atoms with Crippen molar-refractivity contribution < 1.29 is 32.1 Å². The van der Waals surface area contributed by atoms with Gasteiger partial charge in [0.25, 0.3) is 5.91 Å². The summed E-state index contributed by atoms with van der Waals surface area (Å²) >= 11 is 0. The van der Waals surface area contributed by atoms with Gasteiger partial charge < -0.3 is 19.4 Å². The van der Waals surface area contributed by atoms with Crippen LogP contribution in [0.4, 0.5) is 0 Å². The molecule has 42 heavy (non-hydrogen) atoms. The number of allylic oxidation sites excluding steroid dienone is 2. The number of carbonyl (C=O) groups excluding carboxylic acids is 1. The number of rotatable bonds is 9. The summed E-state index contributed by atoms with van der Waals surface area (Å²) in [4.78, 5) is 23.7. The number of carboxylic acids is 1. The third kappa shape index (κ3) is 5.28. The van der Waals surface area contributed by atoms with Gasteiger partial charge in [0.05, 0.1) is 5.69 Å². The summed E-state index contributed by atoms with van der Waals surface area (Å²) in [5, 5.41) is 17.0. The lowest BCUT2D eigenvalue weighted by molar-refractivity contribution is -0.140. The first kappa shape index (κ1) is 29.0. The van der Waals surface area contributed by atoms with Crippen molar-refractivity contribution in [2.75, 3.05) is 0 Å². The number of fused-ring (bicyclic) bond motifs is 1. The number of amides is 1. The predicted octanol–water partition coefficient (Wildman–Crippen LogP) is 5.20. The molecule has 2 heterocycles. The van der Waals surface area contributed by atoms with Gasteiger partial charge in [0, 0.05) is 29.0 Å². The molecule has 2 unspecified atom stereocenters. The maximum absolute atomic E-state index is 13.9. The molecule has 4 aromatic rings. The first-order valence-corrected chi connectivity index (χ1v) is 14.9. The van der Waals surface area contributed by atoms with Crippen LogP contribution >= 0.6 is 0 Å². The summed E-state index contributed by atoms with van der Waals surface area (Å²) in [6.07, 6.45) is 4.55. The highest BCUT2D eigenvalue weighted by molar-refractivity contribution is 7.91. The van der Waals surface area contributed by atoms with E-state index in [4.69, 9.17) is 8.94 Å². The number of hydrogen-bond donors (Lipinski definition) is 3. The number of benzene rings is 2. The minimum atomic E-state index is -4.49. The molecule has 2 aromatic heterocycles. The Kier molecular flexibility index (Phi) is 7.65. The molecule has 0 spiro atoms. The van der Waals surface area contributed by atoms with Gasteiger partial charge in [-0.25, -0.2) is 8.42 Å². The van der Waals surface area contributed by atoms with Crippen LogP contribution in [0, 0.1) is 19.8 Å². The lowest BCUT2D eigenvalue weighted by Crippen LogP contribution is -2.60. The molecule has 3 N–H and O–H groups in total. The van der Waals surface area contributed by atoms with E-state index >= 15 is 0 Å². The van der Waals surface area contributed by atoms with Crippen LogP contribution in [0.15, 0.2) is 81.8 Å². The van der Waals surface area contributed by atoms with Crippen molar-refractivity contribution in [1.29, 1.82) is 0 Å². The molecule has 10 nitrogen and oxygen atoms in total. The van der Waals surface area contributed by atoms with Crippen molar-refractivity contribution in [2.45, 2.75) is 45.0 Å². The molecule has 2 atom stereocenters. The maximum atomic E-state index is 13.9. The maximum Gasteiger partial charge on any atom is 0.321 e. The molecule has 0 saturated heterocycles. The van der Waals surface area contributed by atoms with Crippen LogP contribution in [-0.4, -0.2) is 41.5 Å². The lowest BCUT2D eigenvalue weighted by atomic mass is 9.96. The minimum Gasteiger partial charge on any atom is -0.480 e. The number of sulfonamides is 1. The van der Waals surface area contributed by atoms with E-state index in [1.165, 1.54) is 6.08 Å². The molecule has 2 aromatic carbocycles. The van der Waals surface area contributed by atoms with E-state index in [1.54, 1.807) is 58.0 Å². The van der Waals surface area contributed by atoms with E-state index in [9.17, 15) is 23.1 Å². The Hall–Kier alpha value is -4.48. The fourth-order valence-corrected chi connectivity index (χ4v) is 6.73. The lowest BCUT2D eigenvalue weighted by Gasteiger charge is -2.34. The number of furan rings is 1. The fourth-order valence-electron chi connectivity index (χ4n) is 5.03. The van der Waals surface area contributed by atoms with Crippen molar-refractivity contribution in [1.82, 2.24) is 15.2 Å². The first-order chi connectivity index (χ1) is 19.9. The Morgan fingerprint density at radius 2 is 1.81 bits per heavy atom. The van der Waals surface area contributed by atoms with Crippen molar-refractivity contribution in [3.05, 3.63) is 95.4 Å². The summed E-state index contributed by atoms with van der Waals surface area (Å²) in [5.41, 5.74) is 3.89. The summed E-state index contributed by atoms with van der Waals surface area (Å²) in [5.74, 6) is -2.22. The number of carbonyl (C=O) groups is 2. The zero-order valence-electron chi connectivity index (χ0n) is 23.5. The Morgan fingerprint density at radius 1 is 1.07 bits per heavy atom. The van der Waals surface area contributed by atoms with Gasteiger partial charge in [0.1, 0.15) is 11.6 Å². The molecule has 218 valence electrons. The molecule has 1 amide bonds. The quantitative estimate of drug-likeness (QED) is 0.241. The number of nitrogens with one attached hydrogen (secondary N) is 2. The van der Waals surface area contributed by atoms with Crippen LogP contribution < -0.4 is 10.0 Å². The van der Waals surface area contributed by atoms with E-state index in [0.717, 1.165) is 11.1 Å². The van der Waals surface area contributed by atoms with Gasteiger partial charge >= 0.3 is 5.97 Å². The van der Waals surface area contributed by atoms with Gasteiger partial charge in [-0.05, 0) is 43.0 Å². The normalized spacial score (nSPS) is 17.8. The number of aliphatic carboxylic acids is 1. The monoisotopic (exact) mass is 589 g/mol. The van der Waals surface area contributed by atoms with Crippen LogP contribution in [0.1, 0.15) is 47.6 Å². The van der Waals surface area contributed by atoms with E-state index in [-0.39, 0.29) is 12.2 Å². The average molecular weight is 590 g/mol. The SMILES string of the molecule is Cc1cc(-c2cccc3oc(C(=O)NC4(S(=O)(=O)NC(C(=O)O)C(C)C)C=CC(c5ccccc5)=CC4)c(C)c23)on1. The number of carboxylic acid groups (broad SMARTS) is 1. The van der Waals surface area contributed by atoms with Crippen molar-refractivity contribution in [3.63, 3.8) is 0 Å². The van der Waals surface area contributed by atoms with Crippen molar-refractivity contribution in [3.8, 4) is 11.3 Å². The fraction of sp³-hybridized carbons (Fsp3) is 0.258. The molecule has 0 aliphatic heterocycles. The van der Waals surface area contributed by atoms with Crippen LogP contribution in [0.5, 0.6) is 0 Å². The second-order valence-electron chi connectivity index (χ2n) is 10.7. The first-order valence-electron chi connectivity index (χ1n) is 13.4. The number of nitrogens with zero attached hydrogens (tertiary/aromatic N) is 1. The summed E-state index contributed by atoms with van der Waals surface area (Å²) in [6, 6.07) is 15.0. The predicted molar refractivity (Wildman–Crippen MR) is 158 cm³/mol. The smallest absolute Gasteiger partial charge is 0.321 e. The largest absolute Gasteiger partial charge is 0.480 e. The third-order valence-electron chi connectivity index (χ3n) is 7.34. The average Bonchev–Trinajstić information content (AvgIpc) is 3.55. The Balaban J connectivity index is 1.55. The number of aromatic nitrogens is 1. The number of hydrogen-bond acceptors (Lipinski definition) is 7. The molecule has 1 aliphatic carbocycles. The van der Waals surface area contributed by atoms with E-state index < -0.39 is 38.7 Å². The highest BCUT2D eigenvalue weighted by atomic mass is 32.2. The van der Waals surface area contributed by atoms with Gasteiger partial charge in [0.15, 0.2) is 16.4 Å². The Bertz CT molecular complexity index is 1830. The molecule has 0 bridgehead atoms. The molecule has 11 heteroatoms. The third-order valence-corrected chi connectivity index (χ3v) is 9.27. The minimum absolute atomic E-state index is 0.0758. The molecule has 1 aliphatic rings. The molecule has 0 radical (unpaired) electrons. The molecule has 0 saturated carbocycles. The van der Waals surface area contributed by atoms with Gasteiger partial charge in [-0.3, -0.25) is 9.59 Å². The zero-order valence-corrected chi connectivity index (χ0v) is 24.4. The topological polar surface area (TPSA) is 152 Å². The Morgan fingerprint density at radius 3 is 2.40 bits per heavy atom. The molecule has 0 fully saturated rings. The van der Waals surface area contributed by atoms with Crippen LogP contribution in [0.2, 0.25) is 0 Å². The van der Waals surface area contributed by atoms with Crippen LogP contribution in [-0.2, 0) is 14.8 Å². The van der Waals surface area contributed by atoms with Crippen molar-refractivity contribution in [2.24, 2.45) is 5.92 Å². The second kappa shape index (κ2) is 11.1. The van der Waals surface area contributed by atoms with Gasteiger partial charge in [-0.15, -0.1) is 0 Å². The second-order valence-corrected chi connectivity index (χ2v) is 12.6. The highest BCUT2D eigenvalue weighted by Gasteiger charge is 2.46. The standard InChI is InChI=1S/C31H31N3O7S/c1-18(2)27(30(36)37)34-42(38,39)31(15-13-22(14-16-31)21-9-6-5-7-10-21)32-29(35)28-20(4)26-23(11-8-12-24(26)40-28)25-17-19(3)33-41-25/h5-15,17-18,27,34H,16H2,1-4H3,(H,32,35)(H,36,37). The van der Waals surface area contributed by atoms with Gasteiger partial charge in [-0.1, -0.05) is 73.6 Å². The van der Waals surface area contributed by atoms with Crippen LogP contribution in [0.25, 0.3) is 27.9 Å². The van der Waals surface area contributed by atoms with Crippen LogP contribution in [0.3, 0.4) is 0 Å². The zero-order chi connectivity index (χ0) is 30.2. The summed E-state index contributed by atoms with van der Waals surface area (Å²) < 4.78 is 41.5. The summed E-state index contributed by atoms with van der Waals surface area (Å²) in [6.45, 7) is 6.70. The molecular formula is C31H31N3O7S. The van der Waals surface area contributed by atoms with Crippen molar-refractivity contribution >= 4 is 38.4 Å². The van der Waals surface area contributed by atoms with Gasteiger partial charge in [-0.2, -0.15) is 4.72 Å². The molecular weight excluding hydrogens is 558 g/mol. The molecule has 5 rings (SSSR count). The van der Waals surface area contributed by atoms with E-state index in [1.807, 2.05) is 36.4 Å². The number of aryl methyl sites for hydroxylation is 2. The van der Waals surface area contributed by atoms with E-state index in [0.29, 0.717) is 33.6 Å². The van der Waals surface area contributed by atoms with Gasteiger partial charge in [0.2, 0.25) is 10.0 Å². The Labute approximate surface area is 243 Å².